The van der Waals surface area contributed by atoms with Gasteiger partial charge in [0.15, 0.2) is 0 Å². The number of likely N-dealkylation sites (N-methyl/N-ethyl adjacent to an activating group) is 1. The maximum absolute atomic E-state index is 11.7. The molecule has 0 bridgehead atoms. The zero-order valence-corrected chi connectivity index (χ0v) is 11.4. The summed E-state index contributed by atoms with van der Waals surface area (Å²) in [6.07, 6.45) is 2.05. The van der Waals surface area contributed by atoms with Crippen LogP contribution in [0.5, 0.6) is 0 Å². The van der Waals surface area contributed by atoms with Crippen LogP contribution in [0.3, 0.4) is 0 Å². The molecular formula is C13H24N2O3. The minimum atomic E-state index is -0.0948. The van der Waals surface area contributed by atoms with Crippen molar-refractivity contribution in [3.8, 4) is 0 Å². The van der Waals surface area contributed by atoms with Gasteiger partial charge in [0, 0.05) is 45.7 Å². The van der Waals surface area contributed by atoms with Crippen LogP contribution in [0, 0.1) is 0 Å². The molecule has 18 heavy (non-hydrogen) atoms. The number of nitrogens with zero attached hydrogens (tertiary/aromatic N) is 1. The van der Waals surface area contributed by atoms with Gasteiger partial charge in [0.25, 0.3) is 0 Å². The number of hydrogen-bond donors (Lipinski definition) is 1. The molecule has 1 amide bonds. The van der Waals surface area contributed by atoms with E-state index in [1.54, 1.807) is 0 Å². The summed E-state index contributed by atoms with van der Waals surface area (Å²) in [5, 5.41) is 2.85. The van der Waals surface area contributed by atoms with Gasteiger partial charge >= 0.3 is 0 Å². The second-order valence-electron chi connectivity index (χ2n) is 5.35. The van der Waals surface area contributed by atoms with Crippen LogP contribution in [0.25, 0.3) is 0 Å². The summed E-state index contributed by atoms with van der Waals surface area (Å²) in [6, 6.07) is 0. The molecule has 5 heteroatoms. The average molecular weight is 256 g/mol. The van der Waals surface area contributed by atoms with E-state index in [2.05, 4.69) is 17.1 Å². The fourth-order valence-corrected chi connectivity index (χ4v) is 2.93. The second kappa shape index (κ2) is 5.99. The van der Waals surface area contributed by atoms with E-state index in [1.807, 2.05) is 6.92 Å². The molecule has 2 aliphatic rings. The SMILES string of the molecule is CCNC(=O)CN1CC(C)OC2(CCOCC2)C1. The molecule has 2 fully saturated rings. The van der Waals surface area contributed by atoms with E-state index in [4.69, 9.17) is 9.47 Å². The van der Waals surface area contributed by atoms with Gasteiger partial charge in [-0.2, -0.15) is 0 Å². The van der Waals surface area contributed by atoms with Gasteiger partial charge in [-0.3, -0.25) is 9.69 Å². The van der Waals surface area contributed by atoms with Crippen molar-refractivity contribution in [2.24, 2.45) is 0 Å². The zero-order chi connectivity index (χ0) is 13.0. The summed E-state index contributed by atoms with van der Waals surface area (Å²) in [4.78, 5) is 13.9. The smallest absolute Gasteiger partial charge is 0.234 e. The molecular weight excluding hydrogens is 232 g/mol. The first kappa shape index (κ1) is 13.8. The predicted octanol–water partition coefficient (Wildman–Crippen LogP) is 0.392. The summed E-state index contributed by atoms with van der Waals surface area (Å²) in [5.41, 5.74) is -0.0948. The quantitative estimate of drug-likeness (QED) is 0.794. The number of rotatable bonds is 3. The molecule has 2 rings (SSSR count). The van der Waals surface area contributed by atoms with Crippen LogP contribution in [0.2, 0.25) is 0 Å². The Balaban J connectivity index is 1.93. The highest BCUT2D eigenvalue weighted by Gasteiger charge is 2.40. The summed E-state index contributed by atoms with van der Waals surface area (Å²) in [5.74, 6) is 0.105. The van der Waals surface area contributed by atoms with Gasteiger partial charge in [0.2, 0.25) is 5.91 Å². The molecule has 0 aromatic rings. The van der Waals surface area contributed by atoms with Crippen molar-refractivity contribution >= 4 is 5.91 Å². The number of amides is 1. The third kappa shape index (κ3) is 3.43. The van der Waals surface area contributed by atoms with Crippen molar-refractivity contribution in [2.75, 3.05) is 39.4 Å². The Morgan fingerprint density at radius 3 is 2.83 bits per heavy atom. The molecule has 0 aromatic heterocycles. The van der Waals surface area contributed by atoms with Gasteiger partial charge in [-0.05, 0) is 13.8 Å². The minimum absolute atomic E-state index is 0.0948. The third-order valence-corrected chi connectivity index (χ3v) is 3.62. The van der Waals surface area contributed by atoms with Gasteiger partial charge in [-0.1, -0.05) is 0 Å². The first-order chi connectivity index (χ1) is 8.63. The topological polar surface area (TPSA) is 50.8 Å². The highest BCUT2D eigenvalue weighted by molar-refractivity contribution is 5.77. The van der Waals surface area contributed by atoms with E-state index >= 15 is 0 Å². The van der Waals surface area contributed by atoms with Crippen LogP contribution in [0.15, 0.2) is 0 Å². The Labute approximate surface area is 109 Å². The lowest BCUT2D eigenvalue weighted by Crippen LogP contribution is -2.58. The van der Waals surface area contributed by atoms with Crippen molar-refractivity contribution in [1.82, 2.24) is 10.2 Å². The molecule has 0 radical (unpaired) electrons. The van der Waals surface area contributed by atoms with Crippen LogP contribution >= 0.6 is 0 Å². The highest BCUT2D eigenvalue weighted by atomic mass is 16.5. The fourth-order valence-electron chi connectivity index (χ4n) is 2.93. The maximum atomic E-state index is 11.7. The summed E-state index contributed by atoms with van der Waals surface area (Å²) < 4.78 is 11.5. The zero-order valence-electron chi connectivity index (χ0n) is 11.4. The molecule has 2 aliphatic heterocycles. The molecule has 2 saturated heterocycles. The number of morpholine rings is 1. The Morgan fingerprint density at radius 1 is 1.44 bits per heavy atom. The first-order valence-electron chi connectivity index (χ1n) is 6.88. The normalized spacial score (nSPS) is 28.2. The van der Waals surface area contributed by atoms with Crippen molar-refractivity contribution < 1.29 is 14.3 Å². The van der Waals surface area contributed by atoms with Crippen LogP contribution < -0.4 is 5.32 Å². The van der Waals surface area contributed by atoms with Gasteiger partial charge in [-0.25, -0.2) is 0 Å². The van der Waals surface area contributed by atoms with Gasteiger partial charge in [0.1, 0.15) is 0 Å². The average Bonchev–Trinajstić information content (AvgIpc) is 2.28. The standard InChI is InChI=1S/C13H24N2O3/c1-3-14-12(16)9-15-8-11(2)18-13(10-15)4-6-17-7-5-13/h11H,3-10H2,1-2H3,(H,14,16). The van der Waals surface area contributed by atoms with Crippen LogP contribution in [0.1, 0.15) is 26.7 Å². The maximum Gasteiger partial charge on any atom is 0.234 e. The van der Waals surface area contributed by atoms with E-state index in [0.717, 1.165) is 39.1 Å². The second-order valence-corrected chi connectivity index (χ2v) is 5.35. The number of ether oxygens (including phenoxy) is 2. The Morgan fingerprint density at radius 2 is 2.17 bits per heavy atom. The molecule has 1 atom stereocenters. The fraction of sp³-hybridized carbons (Fsp3) is 0.923. The first-order valence-corrected chi connectivity index (χ1v) is 6.88. The molecule has 1 unspecified atom stereocenters. The lowest BCUT2D eigenvalue weighted by Gasteiger charge is -2.47. The molecule has 1 spiro atoms. The lowest BCUT2D eigenvalue weighted by atomic mass is 9.91. The number of carbonyl (C=O) groups excluding carboxylic acids is 1. The molecule has 0 saturated carbocycles. The summed E-state index contributed by atoms with van der Waals surface area (Å²) in [7, 11) is 0. The van der Waals surface area contributed by atoms with E-state index < -0.39 is 0 Å². The largest absolute Gasteiger partial charge is 0.381 e. The summed E-state index contributed by atoms with van der Waals surface area (Å²) >= 11 is 0. The monoisotopic (exact) mass is 256 g/mol. The Kier molecular flexibility index (Phi) is 4.59. The molecule has 104 valence electrons. The third-order valence-electron chi connectivity index (χ3n) is 3.62. The number of carbonyl (C=O) groups is 1. The van der Waals surface area contributed by atoms with Crippen molar-refractivity contribution in [1.29, 1.82) is 0 Å². The van der Waals surface area contributed by atoms with Gasteiger partial charge in [0.05, 0.1) is 18.2 Å². The van der Waals surface area contributed by atoms with Crippen LogP contribution in [-0.4, -0.2) is 61.9 Å². The van der Waals surface area contributed by atoms with Gasteiger partial charge < -0.3 is 14.8 Å². The van der Waals surface area contributed by atoms with Crippen LogP contribution in [0.4, 0.5) is 0 Å². The van der Waals surface area contributed by atoms with E-state index in [9.17, 15) is 4.79 Å². The Hall–Kier alpha value is -0.650. The van der Waals surface area contributed by atoms with E-state index in [0.29, 0.717) is 13.1 Å². The van der Waals surface area contributed by atoms with Gasteiger partial charge in [-0.15, -0.1) is 0 Å². The van der Waals surface area contributed by atoms with Crippen molar-refractivity contribution in [2.45, 2.75) is 38.4 Å². The number of hydrogen-bond acceptors (Lipinski definition) is 4. The van der Waals surface area contributed by atoms with E-state index in [1.165, 1.54) is 0 Å². The summed E-state index contributed by atoms with van der Waals surface area (Å²) in [6.45, 7) is 8.41. The number of nitrogens with one attached hydrogen (secondary N) is 1. The molecule has 5 nitrogen and oxygen atoms in total. The van der Waals surface area contributed by atoms with Crippen molar-refractivity contribution in [3.63, 3.8) is 0 Å². The highest BCUT2D eigenvalue weighted by Crippen LogP contribution is 2.31. The van der Waals surface area contributed by atoms with E-state index in [-0.39, 0.29) is 17.6 Å². The minimum Gasteiger partial charge on any atom is -0.381 e. The molecule has 0 aromatic carbocycles. The predicted molar refractivity (Wildman–Crippen MR) is 68.5 cm³/mol. The van der Waals surface area contributed by atoms with Crippen molar-refractivity contribution in [3.05, 3.63) is 0 Å². The molecule has 0 aliphatic carbocycles. The molecule has 1 N–H and O–H groups in total. The lowest BCUT2D eigenvalue weighted by molar-refractivity contribution is -0.184. The Bertz CT molecular complexity index is 290. The molecule has 2 heterocycles. The van der Waals surface area contributed by atoms with Crippen LogP contribution in [-0.2, 0) is 14.3 Å².